The number of benzene rings is 1. The molecule has 0 spiro atoms. The number of aromatic nitrogens is 1. The van der Waals surface area contributed by atoms with Crippen molar-refractivity contribution >= 4 is 17.4 Å². The van der Waals surface area contributed by atoms with Crippen LogP contribution < -0.4 is 4.90 Å². The zero-order valence-corrected chi connectivity index (χ0v) is 13.5. The fourth-order valence-electron chi connectivity index (χ4n) is 2.78. The molecular formula is C17H17FN4O3. The van der Waals surface area contributed by atoms with Gasteiger partial charge in [-0.25, -0.2) is 4.39 Å². The Balaban J connectivity index is 1.55. The van der Waals surface area contributed by atoms with Crippen molar-refractivity contribution in [2.75, 3.05) is 31.1 Å². The van der Waals surface area contributed by atoms with Crippen LogP contribution in [0.3, 0.4) is 0 Å². The number of nitro groups is 1. The van der Waals surface area contributed by atoms with E-state index in [0.717, 1.165) is 11.3 Å². The number of anilines is 1. The van der Waals surface area contributed by atoms with Crippen molar-refractivity contribution in [3.8, 4) is 0 Å². The summed E-state index contributed by atoms with van der Waals surface area (Å²) in [5.74, 6) is -0.494. The molecule has 1 amide bonds. The number of piperazine rings is 1. The molecule has 8 heteroatoms. The Labute approximate surface area is 143 Å². The summed E-state index contributed by atoms with van der Waals surface area (Å²) in [6.07, 6.45) is 1.73. The Morgan fingerprint density at radius 3 is 2.36 bits per heavy atom. The summed E-state index contributed by atoms with van der Waals surface area (Å²) in [5, 5.41) is 10.6. The monoisotopic (exact) mass is 344 g/mol. The molecule has 1 fully saturated rings. The summed E-state index contributed by atoms with van der Waals surface area (Å²) in [4.78, 5) is 30.1. The van der Waals surface area contributed by atoms with Crippen molar-refractivity contribution in [1.82, 2.24) is 9.88 Å². The molecule has 0 bridgehead atoms. The lowest BCUT2D eigenvalue weighted by atomic mass is 10.1. The third-order valence-corrected chi connectivity index (χ3v) is 4.19. The van der Waals surface area contributed by atoms with E-state index in [1.165, 1.54) is 24.4 Å². The van der Waals surface area contributed by atoms with Crippen LogP contribution in [0.25, 0.3) is 0 Å². The van der Waals surface area contributed by atoms with Crippen molar-refractivity contribution in [1.29, 1.82) is 0 Å². The smallest absolute Gasteiger partial charge is 0.363 e. The van der Waals surface area contributed by atoms with Crippen LogP contribution in [0.5, 0.6) is 0 Å². The lowest BCUT2D eigenvalue weighted by Crippen LogP contribution is -2.49. The van der Waals surface area contributed by atoms with E-state index < -0.39 is 4.92 Å². The SMILES string of the molecule is O=C(Cc1ccc(F)cc1)N1CCN(c2ccc([N+](=O)[O-])nc2)CC1. The second-order valence-electron chi connectivity index (χ2n) is 5.80. The lowest BCUT2D eigenvalue weighted by Gasteiger charge is -2.35. The quantitative estimate of drug-likeness (QED) is 0.626. The second kappa shape index (κ2) is 7.25. The van der Waals surface area contributed by atoms with Crippen LogP contribution in [0, 0.1) is 15.9 Å². The van der Waals surface area contributed by atoms with Gasteiger partial charge in [0.05, 0.1) is 12.1 Å². The highest BCUT2D eigenvalue weighted by atomic mass is 19.1. The van der Waals surface area contributed by atoms with Gasteiger partial charge < -0.3 is 19.9 Å². The Hall–Kier alpha value is -3.03. The third kappa shape index (κ3) is 4.09. The number of pyridine rings is 1. The van der Waals surface area contributed by atoms with Gasteiger partial charge in [0.25, 0.3) is 0 Å². The molecule has 1 aliphatic rings. The van der Waals surface area contributed by atoms with Crippen molar-refractivity contribution in [2.45, 2.75) is 6.42 Å². The van der Waals surface area contributed by atoms with E-state index in [2.05, 4.69) is 4.98 Å². The van der Waals surface area contributed by atoms with Crippen LogP contribution in [-0.4, -0.2) is 46.9 Å². The van der Waals surface area contributed by atoms with Crippen molar-refractivity contribution < 1.29 is 14.1 Å². The third-order valence-electron chi connectivity index (χ3n) is 4.19. The van der Waals surface area contributed by atoms with Crippen LogP contribution in [-0.2, 0) is 11.2 Å². The van der Waals surface area contributed by atoms with Gasteiger partial charge in [0.2, 0.25) is 5.91 Å². The normalized spacial score (nSPS) is 14.4. The molecule has 0 unspecified atom stereocenters. The number of carbonyl (C=O) groups is 1. The van der Waals surface area contributed by atoms with Gasteiger partial charge >= 0.3 is 5.82 Å². The molecule has 1 aromatic heterocycles. The Morgan fingerprint density at radius 1 is 1.12 bits per heavy atom. The molecule has 0 atom stereocenters. The molecule has 130 valence electrons. The van der Waals surface area contributed by atoms with Gasteiger partial charge in [0, 0.05) is 32.2 Å². The average molecular weight is 344 g/mol. The Kier molecular flexibility index (Phi) is 4.87. The number of amides is 1. The maximum Gasteiger partial charge on any atom is 0.363 e. The maximum absolute atomic E-state index is 12.9. The van der Waals surface area contributed by atoms with Crippen LogP contribution in [0.15, 0.2) is 42.6 Å². The maximum atomic E-state index is 12.9. The molecular weight excluding hydrogens is 327 g/mol. The first kappa shape index (κ1) is 16.8. The molecule has 2 aromatic rings. The summed E-state index contributed by atoms with van der Waals surface area (Å²) in [5.41, 5.74) is 1.59. The molecule has 1 saturated heterocycles. The molecule has 0 radical (unpaired) electrons. The largest absolute Gasteiger partial charge is 0.365 e. The van der Waals surface area contributed by atoms with Crippen LogP contribution in [0.2, 0.25) is 0 Å². The highest BCUT2D eigenvalue weighted by molar-refractivity contribution is 5.79. The van der Waals surface area contributed by atoms with Gasteiger partial charge in [-0.2, -0.15) is 0 Å². The van der Waals surface area contributed by atoms with Gasteiger partial charge in [0.15, 0.2) is 6.20 Å². The molecule has 25 heavy (non-hydrogen) atoms. The molecule has 0 saturated carbocycles. The fraction of sp³-hybridized carbons (Fsp3) is 0.294. The fourth-order valence-corrected chi connectivity index (χ4v) is 2.78. The second-order valence-corrected chi connectivity index (χ2v) is 5.80. The first-order valence-corrected chi connectivity index (χ1v) is 7.90. The molecule has 1 aromatic carbocycles. The lowest BCUT2D eigenvalue weighted by molar-refractivity contribution is -0.389. The van der Waals surface area contributed by atoms with E-state index in [0.29, 0.717) is 26.2 Å². The molecule has 1 aliphatic heterocycles. The molecule has 2 heterocycles. The van der Waals surface area contributed by atoms with Gasteiger partial charge in [-0.3, -0.25) is 4.79 Å². The summed E-state index contributed by atoms with van der Waals surface area (Å²) >= 11 is 0. The number of rotatable bonds is 4. The predicted octanol–water partition coefficient (Wildman–Crippen LogP) is 2.02. The standard InChI is InChI=1S/C17H17FN4O3/c18-14-3-1-13(2-4-14)11-17(23)21-9-7-20(8-10-21)15-5-6-16(19-12-15)22(24)25/h1-6,12H,7-11H2. The average Bonchev–Trinajstić information content (AvgIpc) is 2.64. The first-order valence-electron chi connectivity index (χ1n) is 7.90. The highest BCUT2D eigenvalue weighted by Gasteiger charge is 2.22. The number of hydrogen-bond donors (Lipinski definition) is 0. The molecule has 0 aliphatic carbocycles. The van der Waals surface area contributed by atoms with Gasteiger partial charge in [-0.15, -0.1) is 0 Å². The van der Waals surface area contributed by atoms with E-state index in [1.54, 1.807) is 23.1 Å². The van der Waals surface area contributed by atoms with Crippen LogP contribution in [0.1, 0.15) is 5.56 Å². The number of hydrogen-bond acceptors (Lipinski definition) is 5. The van der Waals surface area contributed by atoms with Crippen LogP contribution in [0.4, 0.5) is 15.9 Å². The summed E-state index contributed by atoms with van der Waals surface area (Å²) in [7, 11) is 0. The van der Waals surface area contributed by atoms with Gasteiger partial charge in [-0.05, 0) is 33.7 Å². The number of halogens is 1. The number of carbonyl (C=O) groups excluding carboxylic acids is 1. The summed E-state index contributed by atoms with van der Waals surface area (Å²) < 4.78 is 12.9. The predicted molar refractivity (Wildman–Crippen MR) is 89.8 cm³/mol. The minimum Gasteiger partial charge on any atom is -0.365 e. The van der Waals surface area contributed by atoms with Crippen molar-refractivity contribution in [3.05, 3.63) is 64.1 Å². The van der Waals surface area contributed by atoms with E-state index in [-0.39, 0.29) is 24.0 Å². The zero-order valence-electron chi connectivity index (χ0n) is 13.5. The minimum atomic E-state index is -0.532. The van der Waals surface area contributed by atoms with E-state index in [9.17, 15) is 19.3 Å². The topological polar surface area (TPSA) is 79.6 Å². The molecule has 3 rings (SSSR count). The molecule has 0 N–H and O–H groups in total. The van der Waals surface area contributed by atoms with Crippen molar-refractivity contribution in [2.24, 2.45) is 0 Å². The summed E-state index contributed by atoms with van der Waals surface area (Å²) in [6, 6.07) is 8.98. The molecule has 7 nitrogen and oxygen atoms in total. The van der Waals surface area contributed by atoms with Crippen LogP contribution >= 0.6 is 0 Å². The highest BCUT2D eigenvalue weighted by Crippen LogP contribution is 2.18. The van der Waals surface area contributed by atoms with Gasteiger partial charge in [-0.1, -0.05) is 12.1 Å². The van der Waals surface area contributed by atoms with E-state index in [4.69, 9.17) is 0 Å². The Bertz CT molecular complexity index is 756. The van der Waals surface area contributed by atoms with Gasteiger partial charge in [0.1, 0.15) is 5.82 Å². The van der Waals surface area contributed by atoms with Crippen molar-refractivity contribution in [3.63, 3.8) is 0 Å². The zero-order chi connectivity index (χ0) is 17.8. The minimum absolute atomic E-state index is 0.00748. The van der Waals surface area contributed by atoms with E-state index >= 15 is 0 Å². The summed E-state index contributed by atoms with van der Waals surface area (Å²) in [6.45, 7) is 2.40. The number of nitrogens with zero attached hydrogens (tertiary/aromatic N) is 4. The van der Waals surface area contributed by atoms with E-state index in [1.807, 2.05) is 4.90 Å². The Morgan fingerprint density at radius 2 is 1.80 bits per heavy atom. The first-order chi connectivity index (χ1) is 12.0.